The van der Waals surface area contributed by atoms with Crippen LogP contribution in [0.15, 0.2) is 29.5 Å². The molecule has 0 amide bonds. The number of nitrogens with zero attached hydrogens (tertiary/aromatic N) is 4. The minimum Gasteiger partial charge on any atom is -0.490 e. The summed E-state index contributed by atoms with van der Waals surface area (Å²) in [4.78, 5) is 8.45. The Hall–Kier alpha value is -2.77. The van der Waals surface area contributed by atoms with Gasteiger partial charge in [0.05, 0.1) is 13.2 Å². The molecule has 0 atom stereocenters. The van der Waals surface area contributed by atoms with Crippen LogP contribution in [0.2, 0.25) is 0 Å². The van der Waals surface area contributed by atoms with E-state index < -0.39 is 0 Å². The third-order valence-corrected chi connectivity index (χ3v) is 3.41. The maximum atomic E-state index is 5.93. The number of nitrogens with two attached hydrogens (primary N) is 1. The van der Waals surface area contributed by atoms with Gasteiger partial charge in [0.1, 0.15) is 18.7 Å². The summed E-state index contributed by atoms with van der Waals surface area (Å²) in [5.41, 5.74) is 6.73. The fourth-order valence-electron chi connectivity index (χ4n) is 2.26. The van der Waals surface area contributed by atoms with Crippen molar-refractivity contribution in [2.24, 2.45) is 10.7 Å². The molecule has 1 aromatic heterocycles. The molecule has 0 aliphatic carbocycles. The Balaban J connectivity index is 1.66. The van der Waals surface area contributed by atoms with Gasteiger partial charge in [0.15, 0.2) is 17.5 Å². The quantitative estimate of drug-likeness (QED) is 0.653. The number of rotatable bonds is 4. The summed E-state index contributed by atoms with van der Waals surface area (Å²) in [5.74, 6) is 2.55. The first-order valence-electron chi connectivity index (χ1n) is 7.59. The van der Waals surface area contributed by atoms with Crippen molar-refractivity contribution in [3.63, 3.8) is 0 Å². The fraction of sp³-hybridized carbons (Fsp3) is 0.400. The number of benzene rings is 1. The number of nitrogens with one attached hydrogen (secondary N) is 1. The maximum Gasteiger partial charge on any atom is 0.193 e. The Kier molecular flexibility index (Phi) is 4.60. The van der Waals surface area contributed by atoms with E-state index in [2.05, 4.69) is 20.4 Å². The van der Waals surface area contributed by atoms with Crippen molar-refractivity contribution in [2.45, 2.75) is 26.4 Å². The molecule has 0 spiro atoms. The van der Waals surface area contributed by atoms with Gasteiger partial charge < -0.3 is 20.5 Å². The monoisotopic (exact) mass is 316 g/mol. The van der Waals surface area contributed by atoms with Crippen molar-refractivity contribution in [3.05, 3.63) is 30.4 Å². The maximum absolute atomic E-state index is 5.93. The molecular formula is C15H20N6O2. The zero-order valence-electron chi connectivity index (χ0n) is 13.0. The number of hydrogen-bond acceptors (Lipinski definition) is 5. The van der Waals surface area contributed by atoms with Crippen molar-refractivity contribution in [1.82, 2.24) is 14.8 Å². The highest BCUT2D eigenvalue weighted by molar-refractivity contribution is 5.92. The van der Waals surface area contributed by atoms with Gasteiger partial charge in [-0.05, 0) is 19.1 Å². The molecule has 122 valence electrons. The molecule has 0 bridgehead atoms. The molecule has 23 heavy (non-hydrogen) atoms. The number of ether oxygens (including phenoxy) is 2. The smallest absolute Gasteiger partial charge is 0.193 e. The van der Waals surface area contributed by atoms with Crippen molar-refractivity contribution in [3.8, 4) is 11.5 Å². The van der Waals surface area contributed by atoms with Gasteiger partial charge >= 0.3 is 0 Å². The van der Waals surface area contributed by atoms with E-state index >= 15 is 0 Å². The minimum absolute atomic E-state index is 0.310. The van der Waals surface area contributed by atoms with Gasteiger partial charge in [0.2, 0.25) is 0 Å². The summed E-state index contributed by atoms with van der Waals surface area (Å²) in [6, 6.07) is 5.60. The van der Waals surface area contributed by atoms with Gasteiger partial charge in [-0.15, -0.1) is 0 Å². The highest BCUT2D eigenvalue weighted by atomic mass is 16.5. The first-order chi connectivity index (χ1) is 11.3. The molecule has 2 heterocycles. The van der Waals surface area contributed by atoms with E-state index in [0.717, 1.165) is 30.2 Å². The lowest BCUT2D eigenvalue weighted by Crippen LogP contribution is -2.23. The molecule has 3 rings (SSSR count). The van der Waals surface area contributed by atoms with Crippen LogP contribution in [-0.2, 0) is 13.1 Å². The lowest BCUT2D eigenvalue weighted by Gasteiger charge is -2.10. The lowest BCUT2D eigenvalue weighted by atomic mass is 10.3. The Bertz CT molecular complexity index is 697. The summed E-state index contributed by atoms with van der Waals surface area (Å²) < 4.78 is 13.0. The molecule has 0 saturated heterocycles. The van der Waals surface area contributed by atoms with E-state index in [4.69, 9.17) is 15.2 Å². The molecule has 2 aromatic rings. The second-order valence-corrected chi connectivity index (χ2v) is 5.03. The van der Waals surface area contributed by atoms with Crippen LogP contribution in [0.5, 0.6) is 11.5 Å². The predicted molar refractivity (Wildman–Crippen MR) is 86.7 cm³/mol. The number of hydrogen-bond donors (Lipinski definition) is 2. The topological polar surface area (TPSA) is 99.6 Å². The van der Waals surface area contributed by atoms with E-state index in [1.165, 1.54) is 6.33 Å². The van der Waals surface area contributed by atoms with Gasteiger partial charge in [-0.3, -0.25) is 0 Å². The minimum atomic E-state index is 0.310. The highest BCUT2D eigenvalue weighted by Gasteiger charge is 2.11. The number of aliphatic imine (C=N–C) groups is 1. The summed E-state index contributed by atoms with van der Waals surface area (Å²) in [5, 5.41) is 7.15. The first-order valence-corrected chi connectivity index (χ1v) is 7.59. The van der Waals surface area contributed by atoms with Crippen molar-refractivity contribution < 1.29 is 9.47 Å². The van der Waals surface area contributed by atoms with Crippen LogP contribution in [0.25, 0.3) is 0 Å². The van der Waals surface area contributed by atoms with Crippen LogP contribution in [-0.4, -0.2) is 33.9 Å². The normalized spacial score (nSPS) is 14.4. The van der Waals surface area contributed by atoms with E-state index in [1.54, 1.807) is 4.68 Å². The van der Waals surface area contributed by atoms with Gasteiger partial charge in [-0.1, -0.05) is 0 Å². The SMILES string of the molecule is CCn1ncnc1CN=C(N)Nc1ccc2c(c1)OCCCO2. The van der Waals surface area contributed by atoms with Crippen molar-refractivity contribution in [1.29, 1.82) is 0 Å². The van der Waals surface area contributed by atoms with E-state index in [9.17, 15) is 0 Å². The van der Waals surface area contributed by atoms with Crippen LogP contribution >= 0.6 is 0 Å². The molecule has 1 aromatic carbocycles. The summed E-state index contributed by atoms with van der Waals surface area (Å²) in [6.07, 6.45) is 2.39. The molecule has 8 nitrogen and oxygen atoms in total. The van der Waals surface area contributed by atoms with Gasteiger partial charge in [0, 0.05) is 24.7 Å². The molecule has 8 heteroatoms. The third-order valence-electron chi connectivity index (χ3n) is 3.41. The number of aromatic nitrogens is 3. The van der Waals surface area contributed by atoms with E-state index in [0.29, 0.717) is 31.5 Å². The molecular weight excluding hydrogens is 296 g/mol. The zero-order valence-corrected chi connectivity index (χ0v) is 13.0. The molecule has 0 unspecified atom stereocenters. The van der Waals surface area contributed by atoms with Crippen LogP contribution in [0.1, 0.15) is 19.2 Å². The zero-order chi connectivity index (χ0) is 16.1. The van der Waals surface area contributed by atoms with Gasteiger partial charge in [-0.25, -0.2) is 14.7 Å². The lowest BCUT2D eigenvalue weighted by molar-refractivity contribution is 0.297. The van der Waals surface area contributed by atoms with Crippen molar-refractivity contribution >= 4 is 11.6 Å². The predicted octanol–water partition coefficient (Wildman–Crippen LogP) is 1.39. The number of fused-ring (bicyclic) bond motifs is 1. The van der Waals surface area contributed by atoms with E-state index in [1.807, 2.05) is 25.1 Å². The summed E-state index contributed by atoms with van der Waals surface area (Å²) >= 11 is 0. The van der Waals surface area contributed by atoms with Gasteiger partial charge in [0.25, 0.3) is 0 Å². The Morgan fingerprint density at radius 1 is 1.35 bits per heavy atom. The summed E-state index contributed by atoms with van der Waals surface area (Å²) in [7, 11) is 0. The largest absolute Gasteiger partial charge is 0.490 e. The molecule has 0 radical (unpaired) electrons. The number of aryl methyl sites for hydroxylation is 1. The molecule has 0 fully saturated rings. The first kappa shape index (κ1) is 15.1. The van der Waals surface area contributed by atoms with Gasteiger partial charge in [-0.2, -0.15) is 5.10 Å². The van der Waals surface area contributed by atoms with Crippen molar-refractivity contribution in [2.75, 3.05) is 18.5 Å². The van der Waals surface area contributed by atoms with E-state index in [-0.39, 0.29) is 0 Å². The summed E-state index contributed by atoms with van der Waals surface area (Å²) in [6.45, 7) is 4.44. The number of anilines is 1. The molecule has 3 N–H and O–H groups in total. The second-order valence-electron chi connectivity index (χ2n) is 5.03. The highest BCUT2D eigenvalue weighted by Crippen LogP contribution is 2.32. The second kappa shape index (κ2) is 6.99. The molecule has 1 aliphatic heterocycles. The number of guanidine groups is 1. The Labute approximate surface area is 134 Å². The third kappa shape index (κ3) is 3.71. The standard InChI is InChI=1S/C15H20N6O2/c1-2-21-14(18-10-19-21)9-17-15(16)20-11-4-5-12-13(8-11)23-7-3-6-22-12/h4-5,8,10H,2-3,6-7,9H2,1H3,(H3,16,17,20). The fourth-order valence-corrected chi connectivity index (χ4v) is 2.26. The average molecular weight is 316 g/mol. The van der Waals surface area contributed by atoms with Crippen LogP contribution in [0.4, 0.5) is 5.69 Å². The average Bonchev–Trinajstić information content (AvgIpc) is 2.89. The molecule has 1 aliphatic rings. The van der Waals surface area contributed by atoms with Crippen LogP contribution < -0.4 is 20.5 Å². The van der Waals surface area contributed by atoms with Crippen LogP contribution in [0.3, 0.4) is 0 Å². The van der Waals surface area contributed by atoms with Crippen LogP contribution in [0, 0.1) is 0 Å². The Morgan fingerprint density at radius 2 is 2.17 bits per heavy atom. The Morgan fingerprint density at radius 3 is 3.00 bits per heavy atom. The molecule has 0 saturated carbocycles.